The topological polar surface area (TPSA) is 123 Å². The summed E-state index contributed by atoms with van der Waals surface area (Å²) in [5, 5.41) is 0. The van der Waals surface area contributed by atoms with Crippen molar-refractivity contribution < 1.29 is 28.5 Å². The predicted octanol–water partition coefficient (Wildman–Crippen LogP) is 7.86. The molecule has 1 saturated heterocycles. The fourth-order valence-corrected chi connectivity index (χ4v) is 13.7. The molecule has 1 spiro atoms. The molecule has 0 bridgehead atoms. The maximum absolute atomic E-state index is 11.8. The first-order valence-electron chi connectivity index (χ1n) is 20.2. The van der Waals surface area contributed by atoms with Gasteiger partial charge in [0.25, 0.3) is 11.8 Å². The molecule has 9 rings (SSSR count). The Hall–Kier alpha value is -3.10. The fourth-order valence-electron chi connectivity index (χ4n) is 13.7. The van der Waals surface area contributed by atoms with Crippen molar-refractivity contribution in [2.24, 2.45) is 46.0 Å². The summed E-state index contributed by atoms with van der Waals surface area (Å²) in [6, 6.07) is 8.19. The van der Waals surface area contributed by atoms with Crippen LogP contribution in [0.3, 0.4) is 0 Å². The van der Waals surface area contributed by atoms with Gasteiger partial charge in [-0.15, -0.1) is 0 Å². The van der Waals surface area contributed by atoms with Gasteiger partial charge < -0.3 is 30.4 Å². The van der Waals surface area contributed by atoms with Crippen LogP contribution in [-0.2, 0) is 22.3 Å². The molecule has 5 fully saturated rings. The first kappa shape index (κ1) is 35.9. The molecule has 2 amide bonds. The summed E-state index contributed by atoms with van der Waals surface area (Å²) in [7, 11) is 5.12. The SMILES string of the molecule is COc1cc2c(cc1C(N)=O)CCC1C2CCC2(C)C(OC)CCC12.COc1cc2c(cc1C(N)=O)CCC1C2CCC2(C)C1CCC21CCCO1. The third kappa shape index (κ3) is 5.35. The van der Waals surface area contributed by atoms with Crippen LogP contribution in [0.1, 0.15) is 146 Å². The number of carbonyl (C=O) groups excluding carboxylic acids is 2. The lowest BCUT2D eigenvalue weighted by Crippen LogP contribution is -2.50. The molecule has 8 heteroatoms. The lowest BCUT2D eigenvalue weighted by molar-refractivity contribution is -0.114. The standard InChI is InChI=1S/C23H31NO3.C21H29NO3/c1-22-9-6-15-16(19(22)7-10-23(22)8-3-11-27-23)5-4-14-12-18(21(24)25)20(26-2)13-17(14)15;1-21-9-8-13-14(17(21)6-7-19(21)25-3)5-4-12-10-16(20(22)23)18(24-2)11-15(12)13/h12-13,15-16,19H,3-11H2,1-2H3,(H2,24,25);10-11,13-14,17,19H,4-9H2,1-3H3,(H2,22,23). The number of benzene rings is 2. The molecule has 6 aliphatic carbocycles. The Labute approximate surface area is 310 Å². The molecule has 10 atom stereocenters. The average Bonchev–Trinajstić information content (AvgIpc) is 3.85. The molecule has 282 valence electrons. The Morgan fingerprint density at radius 2 is 1.27 bits per heavy atom. The summed E-state index contributed by atoms with van der Waals surface area (Å²) in [5.41, 5.74) is 18.4. The summed E-state index contributed by atoms with van der Waals surface area (Å²) in [6.45, 7) is 5.92. The van der Waals surface area contributed by atoms with Crippen LogP contribution in [0.25, 0.3) is 0 Å². The Balaban J connectivity index is 0.000000149. The molecular weight excluding hydrogens is 652 g/mol. The van der Waals surface area contributed by atoms with E-state index in [9.17, 15) is 9.59 Å². The minimum absolute atomic E-state index is 0.149. The van der Waals surface area contributed by atoms with Crippen molar-refractivity contribution in [2.75, 3.05) is 27.9 Å². The zero-order valence-corrected chi connectivity index (χ0v) is 32.1. The van der Waals surface area contributed by atoms with E-state index in [1.54, 1.807) is 14.2 Å². The number of hydrogen-bond donors (Lipinski definition) is 2. The first-order valence-corrected chi connectivity index (χ1v) is 20.2. The van der Waals surface area contributed by atoms with Crippen LogP contribution in [0.5, 0.6) is 11.5 Å². The van der Waals surface area contributed by atoms with Gasteiger partial charge in [-0.2, -0.15) is 0 Å². The zero-order valence-electron chi connectivity index (χ0n) is 32.1. The molecule has 1 heterocycles. The monoisotopic (exact) mass is 712 g/mol. The predicted molar refractivity (Wildman–Crippen MR) is 201 cm³/mol. The number of carbonyl (C=O) groups is 2. The Bertz CT molecular complexity index is 1730. The molecule has 2 aromatic carbocycles. The van der Waals surface area contributed by atoms with Crippen LogP contribution in [0, 0.1) is 34.5 Å². The second kappa shape index (κ2) is 13.3. The minimum atomic E-state index is -0.406. The third-order valence-corrected chi connectivity index (χ3v) is 16.2. The van der Waals surface area contributed by atoms with Gasteiger partial charge in [-0.1, -0.05) is 13.8 Å². The Kier molecular flexibility index (Phi) is 9.21. The number of hydrogen-bond acceptors (Lipinski definition) is 6. The first-order chi connectivity index (χ1) is 25.0. The van der Waals surface area contributed by atoms with E-state index in [0.717, 1.165) is 43.1 Å². The number of aryl methyl sites for hydroxylation is 2. The fraction of sp³-hybridized carbons (Fsp3) is 0.682. The van der Waals surface area contributed by atoms with Gasteiger partial charge in [-0.3, -0.25) is 9.59 Å². The zero-order chi connectivity index (χ0) is 36.6. The normalized spacial score (nSPS) is 38.1. The van der Waals surface area contributed by atoms with Gasteiger partial charge >= 0.3 is 0 Å². The summed E-state index contributed by atoms with van der Waals surface area (Å²) in [5.74, 6) is 4.56. The van der Waals surface area contributed by atoms with E-state index in [4.69, 9.17) is 30.4 Å². The van der Waals surface area contributed by atoms with Crippen molar-refractivity contribution in [2.45, 2.75) is 127 Å². The molecule has 0 aromatic heterocycles. The lowest BCUT2D eigenvalue weighted by atomic mass is 9.53. The highest BCUT2D eigenvalue weighted by molar-refractivity contribution is 5.96. The molecule has 1 aliphatic heterocycles. The summed E-state index contributed by atoms with van der Waals surface area (Å²) >= 11 is 0. The van der Waals surface area contributed by atoms with Gasteiger partial charge in [-0.05, 0) is 183 Å². The number of ether oxygens (including phenoxy) is 4. The van der Waals surface area contributed by atoms with Crippen molar-refractivity contribution in [3.8, 4) is 11.5 Å². The van der Waals surface area contributed by atoms with Gasteiger partial charge in [0.15, 0.2) is 0 Å². The van der Waals surface area contributed by atoms with Gasteiger partial charge in [0.1, 0.15) is 11.5 Å². The molecule has 10 unspecified atom stereocenters. The molecular formula is C44H60N2O6. The van der Waals surface area contributed by atoms with Gasteiger partial charge in [0.05, 0.1) is 37.1 Å². The van der Waals surface area contributed by atoms with Gasteiger partial charge in [-0.25, -0.2) is 0 Å². The second-order valence-corrected chi connectivity index (χ2v) is 17.8. The molecule has 7 aliphatic rings. The number of fused-ring (bicyclic) bond motifs is 11. The molecule has 2 aromatic rings. The van der Waals surface area contributed by atoms with Gasteiger partial charge in [0.2, 0.25) is 0 Å². The number of rotatable bonds is 5. The maximum Gasteiger partial charge on any atom is 0.252 e. The minimum Gasteiger partial charge on any atom is -0.496 e. The Morgan fingerprint density at radius 3 is 1.79 bits per heavy atom. The quantitative estimate of drug-likeness (QED) is 0.326. The maximum atomic E-state index is 11.8. The molecule has 52 heavy (non-hydrogen) atoms. The van der Waals surface area contributed by atoms with Crippen LogP contribution in [0.15, 0.2) is 24.3 Å². The van der Waals surface area contributed by atoms with Crippen molar-refractivity contribution in [1.29, 1.82) is 0 Å². The van der Waals surface area contributed by atoms with E-state index < -0.39 is 11.8 Å². The smallest absolute Gasteiger partial charge is 0.252 e. The van der Waals surface area contributed by atoms with E-state index in [1.807, 2.05) is 19.2 Å². The lowest BCUT2D eigenvalue weighted by Gasteiger charge is -2.53. The van der Waals surface area contributed by atoms with E-state index in [2.05, 4.69) is 26.0 Å². The van der Waals surface area contributed by atoms with Crippen molar-refractivity contribution in [3.63, 3.8) is 0 Å². The summed E-state index contributed by atoms with van der Waals surface area (Å²) < 4.78 is 23.3. The average molecular weight is 713 g/mol. The van der Waals surface area contributed by atoms with E-state index in [-0.39, 0.29) is 5.60 Å². The van der Waals surface area contributed by atoms with E-state index in [0.29, 0.717) is 51.4 Å². The highest BCUT2D eigenvalue weighted by Crippen LogP contribution is 2.67. The van der Waals surface area contributed by atoms with Crippen LogP contribution in [0.4, 0.5) is 0 Å². The summed E-state index contributed by atoms with van der Waals surface area (Å²) in [4.78, 5) is 23.6. The van der Waals surface area contributed by atoms with E-state index >= 15 is 0 Å². The van der Waals surface area contributed by atoms with Crippen LogP contribution in [-0.4, -0.2) is 51.5 Å². The molecule has 4 saturated carbocycles. The highest BCUT2D eigenvalue weighted by Gasteiger charge is 2.63. The van der Waals surface area contributed by atoms with Crippen LogP contribution in [0.2, 0.25) is 0 Å². The molecule has 4 N–H and O–H groups in total. The van der Waals surface area contributed by atoms with Gasteiger partial charge in [0, 0.05) is 13.7 Å². The largest absolute Gasteiger partial charge is 0.496 e. The van der Waals surface area contributed by atoms with Crippen molar-refractivity contribution in [3.05, 3.63) is 57.6 Å². The van der Waals surface area contributed by atoms with Crippen LogP contribution < -0.4 is 20.9 Å². The molecule has 8 nitrogen and oxygen atoms in total. The van der Waals surface area contributed by atoms with E-state index in [1.165, 1.54) is 99.3 Å². The Morgan fingerprint density at radius 1 is 0.692 bits per heavy atom. The van der Waals surface area contributed by atoms with Crippen molar-refractivity contribution in [1.82, 2.24) is 0 Å². The van der Waals surface area contributed by atoms with Crippen molar-refractivity contribution >= 4 is 11.8 Å². The highest BCUT2D eigenvalue weighted by atomic mass is 16.5. The molecule has 0 radical (unpaired) electrons. The number of nitrogens with two attached hydrogens (primary N) is 2. The number of methoxy groups -OCH3 is 3. The second-order valence-electron chi connectivity index (χ2n) is 17.8. The summed E-state index contributed by atoms with van der Waals surface area (Å²) in [6.07, 6.45) is 17.3. The number of primary amides is 2. The third-order valence-electron chi connectivity index (χ3n) is 16.2. The number of amides is 2. The van der Waals surface area contributed by atoms with Crippen LogP contribution >= 0.6 is 0 Å².